The van der Waals surface area contributed by atoms with Crippen LogP contribution in [0.15, 0.2) is 28.7 Å². The average molecular weight is 245 g/mol. The first-order chi connectivity index (χ1) is 6.15. The van der Waals surface area contributed by atoms with Crippen LogP contribution in [0, 0.1) is 0 Å². The molecule has 1 unspecified atom stereocenters. The Hall–Kier alpha value is -0.710. The van der Waals surface area contributed by atoms with Crippen LogP contribution in [0.1, 0.15) is 10.4 Å². The lowest BCUT2D eigenvalue weighted by Gasteiger charge is -2.06. The maximum absolute atomic E-state index is 11.3. The van der Waals surface area contributed by atoms with Crippen LogP contribution in [0.5, 0.6) is 0 Å². The van der Waals surface area contributed by atoms with Gasteiger partial charge in [-0.1, -0.05) is 28.1 Å². The van der Waals surface area contributed by atoms with E-state index in [1.165, 1.54) is 7.11 Å². The predicted molar refractivity (Wildman–Crippen MR) is 51.5 cm³/mol. The topological polar surface area (TPSA) is 46.5 Å². The molecule has 0 saturated heterocycles. The first kappa shape index (κ1) is 10.4. The molecule has 70 valence electrons. The van der Waals surface area contributed by atoms with E-state index < -0.39 is 12.1 Å². The van der Waals surface area contributed by atoms with Crippen LogP contribution in [0.4, 0.5) is 0 Å². The number of carbonyl (C=O) groups excluding carboxylic acids is 1. The zero-order valence-corrected chi connectivity index (χ0v) is 8.61. The Morgan fingerprint density at radius 1 is 1.46 bits per heavy atom. The van der Waals surface area contributed by atoms with Crippen LogP contribution in [-0.4, -0.2) is 24.3 Å². The molecule has 0 aromatic heterocycles. The molecule has 0 bridgehead atoms. The molecule has 1 rings (SSSR count). The molecule has 0 aliphatic carbocycles. The number of methoxy groups -OCH3 is 1. The molecule has 0 heterocycles. The van der Waals surface area contributed by atoms with E-state index in [9.17, 15) is 4.79 Å². The Balaban J connectivity index is 2.83. The number of ketones is 1. The Morgan fingerprint density at radius 3 is 2.46 bits per heavy atom. The van der Waals surface area contributed by atoms with Gasteiger partial charge >= 0.3 is 0 Å². The van der Waals surface area contributed by atoms with E-state index in [1.807, 2.05) is 0 Å². The average Bonchev–Trinajstić information content (AvgIpc) is 2.17. The van der Waals surface area contributed by atoms with Crippen molar-refractivity contribution in [3.05, 3.63) is 34.3 Å². The molecule has 0 aliphatic heterocycles. The lowest BCUT2D eigenvalue weighted by atomic mass is 10.1. The van der Waals surface area contributed by atoms with Crippen molar-refractivity contribution in [2.75, 3.05) is 7.11 Å². The van der Waals surface area contributed by atoms with E-state index in [1.54, 1.807) is 24.3 Å². The van der Waals surface area contributed by atoms with Gasteiger partial charge in [0, 0.05) is 17.1 Å². The molecule has 0 amide bonds. The minimum absolute atomic E-state index is 0.428. The van der Waals surface area contributed by atoms with Gasteiger partial charge in [0.2, 0.25) is 12.1 Å². The van der Waals surface area contributed by atoms with Crippen molar-refractivity contribution in [2.24, 2.45) is 0 Å². The summed E-state index contributed by atoms with van der Waals surface area (Å²) in [6.45, 7) is 0. The first-order valence-electron chi connectivity index (χ1n) is 3.66. The zero-order valence-electron chi connectivity index (χ0n) is 7.03. The molecule has 4 heteroatoms. The summed E-state index contributed by atoms with van der Waals surface area (Å²) < 4.78 is 5.38. The fourth-order valence-electron chi connectivity index (χ4n) is 0.864. The number of aliphatic hydroxyl groups excluding tert-OH is 1. The minimum Gasteiger partial charge on any atom is -0.362 e. The second-order valence-electron chi connectivity index (χ2n) is 2.46. The SMILES string of the molecule is COC(O)C(=O)c1ccc(Br)cc1. The Morgan fingerprint density at radius 2 is 2.00 bits per heavy atom. The van der Waals surface area contributed by atoms with Crippen LogP contribution in [-0.2, 0) is 4.74 Å². The summed E-state index contributed by atoms with van der Waals surface area (Å²) in [5.41, 5.74) is 0.428. The molecular weight excluding hydrogens is 236 g/mol. The van der Waals surface area contributed by atoms with Gasteiger partial charge in [-0.15, -0.1) is 0 Å². The number of carbonyl (C=O) groups is 1. The third-order valence-electron chi connectivity index (χ3n) is 1.58. The Kier molecular flexibility index (Phi) is 3.59. The summed E-state index contributed by atoms with van der Waals surface area (Å²) in [7, 11) is 1.28. The number of halogens is 1. The van der Waals surface area contributed by atoms with Gasteiger partial charge in [0.15, 0.2) is 0 Å². The molecule has 0 spiro atoms. The summed E-state index contributed by atoms with van der Waals surface area (Å²) in [4.78, 5) is 11.3. The zero-order chi connectivity index (χ0) is 9.84. The highest BCUT2D eigenvalue weighted by Crippen LogP contribution is 2.12. The molecule has 0 saturated carbocycles. The summed E-state index contributed by atoms with van der Waals surface area (Å²) in [6, 6.07) is 6.70. The van der Waals surface area contributed by atoms with Crippen molar-refractivity contribution in [3.63, 3.8) is 0 Å². The van der Waals surface area contributed by atoms with Crippen LogP contribution in [0.2, 0.25) is 0 Å². The van der Waals surface area contributed by atoms with E-state index in [-0.39, 0.29) is 0 Å². The smallest absolute Gasteiger partial charge is 0.219 e. The molecule has 1 N–H and O–H groups in total. The first-order valence-corrected chi connectivity index (χ1v) is 4.45. The van der Waals surface area contributed by atoms with Gasteiger partial charge < -0.3 is 9.84 Å². The van der Waals surface area contributed by atoms with Gasteiger partial charge in [0.1, 0.15) is 0 Å². The van der Waals surface area contributed by atoms with Crippen molar-refractivity contribution in [1.82, 2.24) is 0 Å². The van der Waals surface area contributed by atoms with E-state index in [2.05, 4.69) is 20.7 Å². The third kappa shape index (κ3) is 2.62. The predicted octanol–water partition coefficient (Wildman–Crippen LogP) is 1.60. The normalized spacial score (nSPS) is 12.5. The molecule has 0 radical (unpaired) electrons. The van der Waals surface area contributed by atoms with Crippen molar-refractivity contribution in [2.45, 2.75) is 6.29 Å². The number of hydrogen-bond acceptors (Lipinski definition) is 3. The quantitative estimate of drug-likeness (QED) is 0.649. The Bertz CT molecular complexity index is 294. The maximum Gasteiger partial charge on any atom is 0.219 e. The molecule has 13 heavy (non-hydrogen) atoms. The number of aliphatic hydroxyl groups is 1. The molecule has 3 nitrogen and oxygen atoms in total. The van der Waals surface area contributed by atoms with Gasteiger partial charge in [-0.2, -0.15) is 0 Å². The second kappa shape index (κ2) is 4.50. The lowest BCUT2D eigenvalue weighted by molar-refractivity contribution is -0.0483. The van der Waals surface area contributed by atoms with Gasteiger partial charge in [0.25, 0.3) is 0 Å². The summed E-state index contributed by atoms with van der Waals surface area (Å²) in [5.74, 6) is -0.435. The number of benzene rings is 1. The van der Waals surface area contributed by atoms with E-state index >= 15 is 0 Å². The summed E-state index contributed by atoms with van der Waals surface area (Å²) in [5, 5.41) is 9.07. The highest BCUT2D eigenvalue weighted by atomic mass is 79.9. The molecule has 0 fully saturated rings. The number of Topliss-reactive ketones (excluding diaryl/α,β-unsaturated/α-hetero) is 1. The van der Waals surface area contributed by atoms with Crippen LogP contribution in [0.3, 0.4) is 0 Å². The lowest BCUT2D eigenvalue weighted by Crippen LogP contribution is -2.21. The Labute approximate surface area is 84.5 Å². The number of hydrogen-bond donors (Lipinski definition) is 1. The van der Waals surface area contributed by atoms with E-state index in [0.717, 1.165) is 4.47 Å². The van der Waals surface area contributed by atoms with Gasteiger partial charge in [0.05, 0.1) is 0 Å². The van der Waals surface area contributed by atoms with Gasteiger partial charge in [-0.05, 0) is 12.1 Å². The molecule has 0 aliphatic rings. The van der Waals surface area contributed by atoms with Crippen LogP contribution in [0.25, 0.3) is 0 Å². The van der Waals surface area contributed by atoms with Crippen molar-refractivity contribution >= 4 is 21.7 Å². The van der Waals surface area contributed by atoms with Crippen molar-refractivity contribution in [3.8, 4) is 0 Å². The van der Waals surface area contributed by atoms with Crippen LogP contribution < -0.4 is 0 Å². The molecule has 1 aromatic rings. The maximum atomic E-state index is 11.3. The van der Waals surface area contributed by atoms with Crippen molar-refractivity contribution < 1.29 is 14.6 Å². The summed E-state index contributed by atoms with van der Waals surface area (Å²) in [6.07, 6.45) is -1.37. The molecule has 1 aromatic carbocycles. The fraction of sp³-hybridized carbons (Fsp3) is 0.222. The van der Waals surface area contributed by atoms with E-state index in [4.69, 9.17) is 5.11 Å². The highest BCUT2D eigenvalue weighted by molar-refractivity contribution is 9.10. The number of ether oxygens (including phenoxy) is 1. The largest absolute Gasteiger partial charge is 0.362 e. The monoisotopic (exact) mass is 244 g/mol. The number of rotatable bonds is 3. The molecular formula is C9H9BrO3. The third-order valence-corrected chi connectivity index (χ3v) is 2.10. The highest BCUT2D eigenvalue weighted by Gasteiger charge is 2.15. The van der Waals surface area contributed by atoms with E-state index in [0.29, 0.717) is 5.56 Å². The van der Waals surface area contributed by atoms with Gasteiger partial charge in [-0.25, -0.2) is 0 Å². The second-order valence-corrected chi connectivity index (χ2v) is 3.37. The fourth-order valence-corrected chi connectivity index (χ4v) is 1.13. The van der Waals surface area contributed by atoms with Crippen molar-refractivity contribution in [1.29, 1.82) is 0 Å². The minimum atomic E-state index is -1.37. The van der Waals surface area contributed by atoms with Crippen LogP contribution >= 0.6 is 15.9 Å². The summed E-state index contributed by atoms with van der Waals surface area (Å²) >= 11 is 3.24. The standard InChI is InChI=1S/C9H9BrO3/c1-13-9(12)8(11)6-2-4-7(10)5-3-6/h2-5,9,12H,1H3. The molecule has 1 atom stereocenters. The van der Waals surface area contributed by atoms with Gasteiger partial charge in [-0.3, -0.25) is 4.79 Å².